The van der Waals surface area contributed by atoms with Crippen molar-refractivity contribution in [3.63, 3.8) is 0 Å². The number of hydrogen-bond donors (Lipinski definition) is 0. The van der Waals surface area contributed by atoms with Crippen LogP contribution in [0.15, 0.2) is 36.5 Å². The lowest BCUT2D eigenvalue weighted by Gasteiger charge is -2.57. The summed E-state index contributed by atoms with van der Waals surface area (Å²) in [5, 5.41) is 0. The van der Waals surface area contributed by atoms with Gasteiger partial charge in [0.15, 0.2) is 0 Å². The molecule has 3 rings (SSSR count). The molecule has 3 aliphatic rings. The van der Waals surface area contributed by atoms with E-state index in [1.807, 2.05) is 6.08 Å². The van der Waals surface area contributed by atoms with Crippen molar-refractivity contribution in [3.8, 4) is 0 Å². The summed E-state index contributed by atoms with van der Waals surface area (Å²) < 4.78 is 0. The topological polar surface area (TPSA) is 0 Å². The first-order valence-electron chi connectivity index (χ1n) is 7.29. The summed E-state index contributed by atoms with van der Waals surface area (Å²) in [4.78, 5) is 0. The maximum atomic E-state index is 4.37. The smallest absolute Gasteiger partial charge is 0.00135 e. The Morgan fingerprint density at radius 2 is 1.94 bits per heavy atom. The van der Waals surface area contributed by atoms with Gasteiger partial charge in [-0.25, -0.2) is 0 Å². The molecule has 0 aromatic rings. The van der Waals surface area contributed by atoms with E-state index in [1.165, 1.54) is 56.9 Å². The molecule has 0 radical (unpaired) electrons. The minimum Gasteiger partial charge on any atom is -0.0991 e. The van der Waals surface area contributed by atoms with Crippen LogP contribution in [0.3, 0.4) is 0 Å². The highest BCUT2D eigenvalue weighted by Gasteiger charge is 2.51. The molecule has 0 spiro atoms. The highest BCUT2D eigenvalue weighted by molar-refractivity contribution is 5.42. The Balaban J connectivity index is 2.07. The maximum Gasteiger partial charge on any atom is -0.00135 e. The van der Waals surface area contributed by atoms with Crippen molar-refractivity contribution < 1.29 is 0 Å². The van der Waals surface area contributed by atoms with Crippen molar-refractivity contribution in [2.45, 2.75) is 51.4 Å². The lowest BCUT2D eigenvalue weighted by atomic mass is 9.48. The third-order valence-electron chi connectivity index (χ3n) is 5.58. The Labute approximate surface area is 105 Å². The van der Waals surface area contributed by atoms with Gasteiger partial charge < -0.3 is 0 Å². The molecule has 3 fully saturated rings. The molecular formula is C17H24. The molecule has 0 nitrogen and oxygen atoms in total. The monoisotopic (exact) mass is 228 g/mol. The summed E-state index contributed by atoms with van der Waals surface area (Å²) >= 11 is 0. The Morgan fingerprint density at radius 1 is 1.12 bits per heavy atom. The van der Waals surface area contributed by atoms with Gasteiger partial charge in [-0.15, -0.1) is 0 Å². The van der Waals surface area contributed by atoms with Crippen molar-refractivity contribution in [2.75, 3.05) is 0 Å². The number of hydrogen-bond acceptors (Lipinski definition) is 0. The van der Waals surface area contributed by atoms with Crippen LogP contribution in [0.25, 0.3) is 0 Å². The second-order valence-corrected chi connectivity index (χ2v) is 6.28. The van der Waals surface area contributed by atoms with E-state index in [1.54, 1.807) is 5.57 Å². The van der Waals surface area contributed by atoms with Crippen LogP contribution in [0.1, 0.15) is 51.4 Å². The van der Waals surface area contributed by atoms with Gasteiger partial charge in [0, 0.05) is 0 Å². The molecule has 0 saturated heterocycles. The molecule has 0 heterocycles. The molecule has 0 heteroatoms. The minimum absolute atomic E-state index is 0.505. The van der Waals surface area contributed by atoms with Gasteiger partial charge in [-0.1, -0.05) is 50.1 Å². The third kappa shape index (κ3) is 1.57. The van der Waals surface area contributed by atoms with Gasteiger partial charge in [0.1, 0.15) is 0 Å². The normalized spacial score (nSPS) is 43.3. The quantitative estimate of drug-likeness (QED) is 0.590. The van der Waals surface area contributed by atoms with Gasteiger partial charge in [0.2, 0.25) is 0 Å². The molecule has 0 aromatic heterocycles. The summed E-state index contributed by atoms with van der Waals surface area (Å²) in [5.74, 6) is 1.90. The predicted octanol–water partition coefficient (Wildman–Crippen LogP) is 5.04. The minimum atomic E-state index is 0.505. The molecule has 3 aliphatic carbocycles. The van der Waals surface area contributed by atoms with Crippen molar-refractivity contribution in [1.82, 2.24) is 0 Å². The zero-order chi connectivity index (χ0) is 11.9. The van der Waals surface area contributed by atoms with Crippen LogP contribution >= 0.6 is 0 Å². The highest BCUT2D eigenvalue weighted by Crippen LogP contribution is 2.62. The average Bonchev–Trinajstić information content (AvgIpc) is 2.34. The summed E-state index contributed by atoms with van der Waals surface area (Å²) in [6.45, 7) is 8.28. The van der Waals surface area contributed by atoms with Crippen molar-refractivity contribution in [2.24, 2.45) is 17.3 Å². The van der Waals surface area contributed by atoms with Crippen LogP contribution in [0.4, 0.5) is 0 Å². The second kappa shape index (κ2) is 4.15. The first-order valence-corrected chi connectivity index (χ1v) is 7.29. The molecule has 92 valence electrons. The van der Waals surface area contributed by atoms with Crippen LogP contribution in [0.5, 0.6) is 0 Å². The van der Waals surface area contributed by atoms with Crippen LogP contribution in [0, 0.1) is 17.3 Å². The maximum absolute atomic E-state index is 4.37. The lowest BCUT2D eigenvalue weighted by molar-refractivity contribution is 0.0175. The first kappa shape index (κ1) is 11.3. The molecule has 17 heavy (non-hydrogen) atoms. The zero-order valence-corrected chi connectivity index (χ0v) is 10.9. The third-order valence-corrected chi connectivity index (χ3v) is 5.58. The average molecular weight is 228 g/mol. The van der Waals surface area contributed by atoms with Gasteiger partial charge >= 0.3 is 0 Å². The molecule has 0 aromatic carbocycles. The van der Waals surface area contributed by atoms with Gasteiger partial charge in [0.05, 0.1) is 0 Å². The van der Waals surface area contributed by atoms with Crippen LogP contribution in [0.2, 0.25) is 0 Å². The molecule has 0 amide bonds. The summed E-state index contributed by atoms with van der Waals surface area (Å²) in [7, 11) is 0. The van der Waals surface area contributed by atoms with E-state index in [0.29, 0.717) is 5.41 Å². The number of rotatable bonds is 1. The Morgan fingerprint density at radius 3 is 2.76 bits per heavy atom. The van der Waals surface area contributed by atoms with Crippen LogP contribution < -0.4 is 0 Å². The standard InChI is InChI=1S/C17H24/c1-3-7-15-13(2)12-14-8-6-11-17(15)10-5-4-9-16(14)17/h3,7,14,16H,1-2,4-6,8-12H2/b15-7+/t14-,16+,17+/m0/s1. The largest absolute Gasteiger partial charge is 0.0991 e. The van der Waals surface area contributed by atoms with Gasteiger partial charge in [-0.05, 0) is 54.9 Å². The van der Waals surface area contributed by atoms with Crippen LogP contribution in [-0.2, 0) is 0 Å². The fraction of sp³-hybridized carbons (Fsp3) is 0.647. The Kier molecular flexibility index (Phi) is 2.77. The van der Waals surface area contributed by atoms with Gasteiger partial charge in [-0.3, -0.25) is 0 Å². The predicted molar refractivity (Wildman–Crippen MR) is 73.8 cm³/mol. The highest BCUT2D eigenvalue weighted by atomic mass is 14.6. The SMILES string of the molecule is C=C/C=C1\C(=C)C[C@@H]2CCC[C@]13CCCC[C@H]23. The fourth-order valence-electron chi connectivity index (χ4n) is 5.04. The van der Waals surface area contributed by atoms with E-state index >= 15 is 0 Å². The van der Waals surface area contributed by atoms with E-state index in [0.717, 1.165) is 11.8 Å². The molecule has 0 unspecified atom stereocenters. The summed E-state index contributed by atoms with van der Waals surface area (Å²) in [5.41, 5.74) is 3.51. The fourth-order valence-corrected chi connectivity index (χ4v) is 5.04. The van der Waals surface area contributed by atoms with Crippen molar-refractivity contribution in [1.29, 1.82) is 0 Å². The second-order valence-electron chi connectivity index (χ2n) is 6.28. The summed E-state index contributed by atoms with van der Waals surface area (Å²) in [6, 6.07) is 0. The van der Waals surface area contributed by atoms with E-state index in [9.17, 15) is 0 Å². The molecule has 0 aliphatic heterocycles. The summed E-state index contributed by atoms with van der Waals surface area (Å²) in [6.07, 6.45) is 15.6. The zero-order valence-electron chi connectivity index (χ0n) is 10.9. The Bertz CT molecular complexity index is 369. The van der Waals surface area contributed by atoms with E-state index in [2.05, 4.69) is 19.2 Å². The van der Waals surface area contributed by atoms with Gasteiger partial charge in [-0.2, -0.15) is 0 Å². The number of allylic oxidation sites excluding steroid dienone is 4. The van der Waals surface area contributed by atoms with Crippen molar-refractivity contribution in [3.05, 3.63) is 36.5 Å². The molecule has 2 bridgehead atoms. The van der Waals surface area contributed by atoms with E-state index in [4.69, 9.17) is 0 Å². The van der Waals surface area contributed by atoms with E-state index in [-0.39, 0.29) is 0 Å². The van der Waals surface area contributed by atoms with E-state index < -0.39 is 0 Å². The molecule has 3 atom stereocenters. The Hall–Kier alpha value is -0.780. The van der Waals surface area contributed by atoms with Crippen LogP contribution in [-0.4, -0.2) is 0 Å². The molecule has 0 N–H and O–H groups in total. The first-order chi connectivity index (χ1) is 8.28. The van der Waals surface area contributed by atoms with Crippen molar-refractivity contribution >= 4 is 0 Å². The molecule has 3 saturated carbocycles. The lowest BCUT2D eigenvalue weighted by Crippen LogP contribution is -2.46. The van der Waals surface area contributed by atoms with Gasteiger partial charge in [0.25, 0.3) is 0 Å². The molecular weight excluding hydrogens is 204 g/mol.